The molecule has 0 aliphatic carbocycles. The van der Waals surface area contributed by atoms with Crippen molar-refractivity contribution in [2.45, 2.75) is 26.2 Å². The molecule has 0 unspecified atom stereocenters. The molecule has 1 nitrogen and oxygen atoms in total. The lowest BCUT2D eigenvalue weighted by Gasteiger charge is -1.96. The van der Waals surface area contributed by atoms with Crippen LogP contribution in [-0.2, 0) is 0 Å². The lowest BCUT2D eigenvalue weighted by Crippen LogP contribution is -2.06. The summed E-state index contributed by atoms with van der Waals surface area (Å²) in [6, 6.07) is 0. The van der Waals surface area contributed by atoms with Crippen molar-refractivity contribution >= 4 is 0 Å². The van der Waals surface area contributed by atoms with Gasteiger partial charge in [-0.2, -0.15) is 0 Å². The molecule has 0 radical (unpaired) electrons. The molecule has 0 atom stereocenters. The zero-order valence-electron chi connectivity index (χ0n) is 5.40. The zero-order chi connectivity index (χ0) is 7.28. The minimum Gasteiger partial charge on any atom is -0.398 e. The van der Waals surface area contributed by atoms with E-state index in [9.17, 15) is 8.78 Å². The predicted molar refractivity (Wildman–Crippen MR) is 33.2 cm³/mol. The molecule has 0 bridgehead atoms. The SMILES string of the molecule is CCC/C=C(/N)C(F)F. The molecular weight excluding hydrogens is 124 g/mol. The number of hydrogen-bond acceptors (Lipinski definition) is 1. The van der Waals surface area contributed by atoms with Gasteiger partial charge >= 0.3 is 0 Å². The van der Waals surface area contributed by atoms with Gasteiger partial charge in [0, 0.05) is 0 Å². The smallest absolute Gasteiger partial charge is 0.277 e. The Labute approximate surface area is 53.5 Å². The van der Waals surface area contributed by atoms with Crippen LogP contribution in [0.2, 0.25) is 0 Å². The predicted octanol–water partition coefficient (Wildman–Crippen LogP) is 1.89. The van der Waals surface area contributed by atoms with Crippen LogP contribution in [-0.4, -0.2) is 6.43 Å². The Morgan fingerprint density at radius 1 is 1.67 bits per heavy atom. The van der Waals surface area contributed by atoms with E-state index in [1.165, 1.54) is 6.08 Å². The Bertz CT molecular complexity index is 99.2. The molecule has 0 aromatic rings. The van der Waals surface area contributed by atoms with E-state index >= 15 is 0 Å². The molecule has 3 heteroatoms. The van der Waals surface area contributed by atoms with E-state index in [2.05, 4.69) is 0 Å². The first-order chi connectivity index (χ1) is 4.18. The highest BCUT2D eigenvalue weighted by molar-refractivity contribution is 4.98. The Kier molecular flexibility index (Phi) is 4.01. The number of rotatable bonds is 3. The molecule has 0 saturated carbocycles. The summed E-state index contributed by atoms with van der Waals surface area (Å²) in [6.45, 7) is 1.91. The van der Waals surface area contributed by atoms with Crippen molar-refractivity contribution in [1.82, 2.24) is 0 Å². The highest BCUT2D eigenvalue weighted by Crippen LogP contribution is 2.02. The van der Waals surface area contributed by atoms with E-state index < -0.39 is 6.43 Å². The summed E-state index contributed by atoms with van der Waals surface area (Å²) in [5.41, 5.74) is 4.61. The van der Waals surface area contributed by atoms with E-state index in [0.29, 0.717) is 6.42 Å². The second kappa shape index (κ2) is 4.30. The first kappa shape index (κ1) is 8.40. The molecular formula is C6H11F2N. The van der Waals surface area contributed by atoms with Crippen LogP contribution >= 0.6 is 0 Å². The molecule has 0 aromatic carbocycles. The Morgan fingerprint density at radius 3 is 2.56 bits per heavy atom. The van der Waals surface area contributed by atoms with Gasteiger partial charge in [-0.3, -0.25) is 0 Å². The van der Waals surface area contributed by atoms with Crippen molar-refractivity contribution in [2.24, 2.45) is 5.73 Å². The van der Waals surface area contributed by atoms with E-state index in [1.807, 2.05) is 6.92 Å². The van der Waals surface area contributed by atoms with Crippen LogP contribution in [0, 0.1) is 0 Å². The molecule has 2 N–H and O–H groups in total. The molecule has 0 spiro atoms. The molecule has 9 heavy (non-hydrogen) atoms. The molecule has 54 valence electrons. The van der Waals surface area contributed by atoms with Crippen molar-refractivity contribution in [3.8, 4) is 0 Å². The molecule has 0 aliphatic heterocycles. The van der Waals surface area contributed by atoms with Crippen LogP contribution in [0.1, 0.15) is 19.8 Å². The van der Waals surface area contributed by atoms with Crippen molar-refractivity contribution in [2.75, 3.05) is 0 Å². The number of allylic oxidation sites excluding steroid dienone is 2. The van der Waals surface area contributed by atoms with Gasteiger partial charge in [0.2, 0.25) is 0 Å². The summed E-state index contributed by atoms with van der Waals surface area (Å²) in [5, 5.41) is 0. The van der Waals surface area contributed by atoms with Crippen LogP contribution in [0.4, 0.5) is 8.78 Å². The van der Waals surface area contributed by atoms with Gasteiger partial charge in [0.1, 0.15) is 0 Å². The van der Waals surface area contributed by atoms with Crippen molar-refractivity contribution in [3.63, 3.8) is 0 Å². The normalized spacial score (nSPS) is 12.7. The quantitative estimate of drug-likeness (QED) is 0.628. The fourth-order valence-corrected chi connectivity index (χ4v) is 0.400. The van der Waals surface area contributed by atoms with Gasteiger partial charge in [-0.05, 0) is 6.42 Å². The molecule has 0 aromatic heterocycles. The highest BCUT2D eigenvalue weighted by atomic mass is 19.3. The number of hydrogen-bond donors (Lipinski definition) is 1. The van der Waals surface area contributed by atoms with Gasteiger partial charge in [0.05, 0.1) is 5.70 Å². The van der Waals surface area contributed by atoms with E-state index in [-0.39, 0.29) is 5.70 Å². The fraction of sp³-hybridized carbons (Fsp3) is 0.667. The number of alkyl halides is 2. The maximum atomic E-state index is 11.6. The second-order valence-electron chi connectivity index (χ2n) is 1.79. The Balaban J connectivity index is 3.55. The van der Waals surface area contributed by atoms with Gasteiger partial charge < -0.3 is 5.73 Å². The van der Waals surface area contributed by atoms with Crippen molar-refractivity contribution < 1.29 is 8.78 Å². The van der Waals surface area contributed by atoms with Crippen LogP contribution in [0.15, 0.2) is 11.8 Å². The topological polar surface area (TPSA) is 26.0 Å². The molecule has 0 amide bonds. The Hall–Kier alpha value is -0.600. The molecule has 0 heterocycles. The number of halogens is 2. The van der Waals surface area contributed by atoms with E-state index in [0.717, 1.165) is 6.42 Å². The van der Waals surface area contributed by atoms with Crippen LogP contribution in [0.3, 0.4) is 0 Å². The first-order valence-electron chi connectivity index (χ1n) is 2.92. The third-order valence-corrected chi connectivity index (χ3v) is 0.921. The fourth-order valence-electron chi connectivity index (χ4n) is 0.400. The summed E-state index contributed by atoms with van der Waals surface area (Å²) in [4.78, 5) is 0. The number of nitrogens with two attached hydrogens (primary N) is 1. The van der Waals surface area contributed by atoms with Crippen molar-refractivity contribution in [3.05, 3.63) is 11.8 Å². The standard InChI is InChI=1S/C6H11F2N/c1-2-3-4-5(9)6(7)8/h4,6H,2-3,9H2,1H3/b5-4+. The monoisotopic (exact) mass is 135 g/mol. The highest BCUT2D eigenvalue weighted by Gasteiger charge is 2.03. The summed E-state index contributed by atoms with van der Waals surface area (Å²) < 4.78 is 23.1. The zero-order valence-corrected chi connectivity index (χ0v) is 5.40. The number of unbranched alkanes of at least 4 members (excludes halogenated alkanes) is 1. The maximum Gasteiger partial charge on any atom is 0.277 e. The Morgan fingerprint density at radius 2 is 2.22 bits per heavy atom. The van der Waals surface area contributed by atoms with Gasteiger partial charge in [0.25, 0.3) is 6.43 Å². The summed E-state index contributed by atoms with van der Waals surface area (Å²) in [6.07, 6.45) is 0.366. The summed E-state index contributed by atoms with van der Waals surface area (Å²) >= 11 is 0. The lowest BCUT2D eigenvalue weighted by atomic mass is 10.3. The van der Waals surface area contributed by atoms with Crippen LogP contribution < -0.4 is 5.73 Å². The minimum atomic E-state index is -2.49. The largest absolute Gasteiger partial charge is 0.398 e. The molecule has 0 rings (SSSR count). The average Bonchev–Trinajstić information content (AvgIpc) is 1.82. The summed E-state index contributed by atoms with van der Waals surface area (Å²) in [5.74, 6) is 0. The second-order valence-corrected chi connectivity index (χ2v) is 1.79. The van der Waals surface area contributed by atoms with Gasteiger partial charge in [-0.15, -0.1) is 0 Å². The summed E-state index contributed by atoms with van der Waals surface area (Å²) in [7, 11) is 0. The third kappa shape index (κ3) is 3.94. The van der Waals surface area contributed by atoms with Crippen LogP contribution in [0.25, 0.3) is 0 Å². The molecule has 0 saturated heterocycles. The van der Waals surface area contributed by atoms with E-state index in [1.54, 1.807) is 0 Å². The van der Waals surface area contributed by atoms with E-state index in [4.69, 9.17) is 5.73 Å². The average molecular weight is 135 g/mol. The lowest BCUT2D eigenvalue weighted by molar-refractivity contribution is 0.187. The molecule has 0 aliphatic rings. The van der Waals surface area contributed by atoms with Gasteiger partial charge in [0.15, 0.2) is 0 Å². The first-order valence-corrected chi connectivity index (χ1v) is 2.92. The molecule has 0 fully saturated rings. The van der Waals surface area contributed by atoms with Gasteiger partial charge in [-0.25, -0.2) is 8.78 Å². The van der Waals surface area contributed by atoms with Crippen molar-refractivity contribution in [1.29, 1.82) is 0 Å². The third-order valence-electron chi connectivity index (χ3n) is 0.921. The maximum absolute atomic E-state index is 11.6. The van der Waals surface area contributed by atoms with Gasteiger partial charge in [-0.1, -0.05) is 19.4 Å². The minimum absolute atomic E-state index is 0.308. The van der Waals surface area contributed by atoms with Crippen LogP contribution in [0.5, 0.6) is 0 Å².